The first-order valence-corrected chi connectivity index (χ1v) is 11.0. The monoisotopic (exact) mass is 437 g/mol. The summed E-state index contributed by atoms with van der Waals surface area (Å²) in [5.41, 5.74) is 0.660. The summed E-state index contributed by atoms with van der Waals surface area (Å²) < 4.78 is 32.2. The zero-order valence-corrected chi connectivity index (χ0v) is 18.2. The number of piperazine rings is 1. The Hall–Kier alpha value is -2.29. The Bertz CT molecular complexity index is 987. The molecule has 0 spiro atoms. The molecule has 1 saturated heterocycles. The lowest BCUT2D eigenvalue weighted by Gasteiger charge is -2.32. The summed E-state index contributed by atoms with van der Waals surface area (Å²) in [4.78, 5) is 16.9. The molecule has 156 valence electrons. The number of likely N-dealkylation sites (N-methyl/N-ethyl adjacent to an activating group) is 1. The van der Waals surface area contributed by atoms with E-state index in [9.17, 15) is 13.2 Å². The van der Waals surface area contributed by atoms with Crippen LogP contribution in [0, 0.1) is 0 Å². The first-order chi connectivity index (χ1) is 13.7. The Kier molecular flexibility index (Phi) is 6.36. The van der Waals surface area contributed by atoms with Gasteiger partial charge in [-0.25, -0.2) is 8.42 Å². The molecule has 2 aromatic carbocycles. The molecule has 7 nitrogen and oxygen atoms in total. The molecule has 0 N–H and O–H groups in total. The Morgan fingerprint density at radius 1 is 1.07 bits per heavy atom. The van der Waals surface area contributed by atoms with E-state index in [2.05, 4.69) is 4.90 Å². The van der Waals surface area contributed by atoms with Gasteiger partial charge in [0.2, 0.25) is 0 Å². The van der Waals surface area contributed by atoms with Crippen molar-refractivity contribution in [2.75, 3.05) is 51.7 Å². The van der Waals surface area contributed by atoms with E-state index in [1.165, 1.54) is 32.4 Å². The first kappa shape index (κ1) is 21.4. The number of carbonyl (C=O) groups is 1. The number of anilines is 1. The second-order valence-corrected chi connectivity index (χ2v) is 9.28. The Morgan fingerprint density at radius 3 is 2.28 bits per heavy atom. The molecule has 1 aliphatic rings. The van der Waals surface area contributed by atoms with Crippen LogP contribution in [0.3, 0.4) is 0 Å². The van der Waals surface area contributed by atoms with Crippen LogP contribution in [0.2, 0.25) is 5.02 Å². The van der Waals surface area contributed by atoms with Gasteiger partial charge in [-0.3, -0.25) is 9.10 Å². The lowest BCUT2D eigenvalue weighted by Crippen LogP contribution is -2.47. The van der Waals surface area contributed by atoms with Gasteiger partial charge in [-0.2, -0.15) is 0 Å². The molecule has 0 aromatic heterocycles. The van der Waals surface area contributed by atoms with Gasteiger partial charge in [0.15, 0.2) is 0 Å². The maximum absolute atomic E-state index is 13.0. The van der Waals surface area contributed by atoms with Crippen molar-refractivity contribution in [1.29, 1.82) is 0 Å². The van der Waals surface area contributed by atoms with E-state index in [0.717, 1.165) is 17.4 Å². The number of hydrogen-bond acceptors (Lipinski definition) is 5. The molecule has 1 heterocycles. The van der Waals surface area contributed by atoms with Crippen LogP contribution in [0.25, 0.3) is 0 Å². The molecule has 0 unspecified atom stereocenters. The number of carbonyl (C=O) groups excluding carboxylic acids is 1. The highest BCUT2D eigenvalue weighted by Gasteiger charge is 2.26. The van der Waals surface area contributed by atoms with Gasteiger partial charge in [-0.15, -0.1) is 0 Å². The van der Waals surface area contributed by atoms with Crippen LogP contribution in [0.1, 0.15) is 10.4 Å². The summed E-state index contributed by atoms with van der Waals surface area (Å²) in [6.07, 6.45) is 0. The van der Waals surface area contributed by atoms with Gasteiger partial charge in [0.05, 0.1) is 28.3 Å². The van der Waals surface area contributed by atoms with E-state index in [1.807, 2.05) is 7.05 Å². The second kappa shape index (κ2) is 8.61. The van der Waals surface area contributed by atoms with Crippen LogP contribution in [0.15, 0.2) is 47.4 Å². The second-order valence-electron chi connectivity index (χ2n) is 6.91. The summed E-state index contributed by atoms with van der Waals surface area (Å²) in [5.74, 6) is 0.373. The number of halogens is 1. The predicted molar refractivity (Wildman–Crippen MR) is 113 cm³/mol. The van der Waals surface area contributed by atoms with E-state index in [-0.39, 0.29) is 10.8 Å². The topological polar surface area (TPSA) is 70.2 Å². The minimum atomic E-state index is -3.80. The molecule has 3 rings (SSSR count). The minimum Gasteiger partial charge on any atom is -0.497 e. The minimum absolute atomic E-state index is 0.127. The van der Waals surface area contributed by atoms with Crippen LogP contribution in [0.4, 0.5) is 5.69 Å². The molecule has 29 heavy (non-hydrogen) atoms. The average molecular weight is 438 g/mol. The molecule has 1 fully saturated rings. The highest BCUT2D eigenvalue weighted by Crippen LogP contribution is 2.28. The fraction of sp³-hybridized carbons (Fsp3) is 0.350. The number of sulfonamides is 1. The van der Waals surface area contributed by atoms with Crippen molar-refractivity contribution >= 4 is 33.2 Å². The molecule has 0 radical (unpaired) electrons. The van der Waals surface area contributed by atoms with Gasteiger partial charge >= 0.3 is 0 Å². The van der Waals surface area contributed by atoms with E-state index >= 15 is 0 Å². The third-order valence-corrected chi connectivity index (χ3v) is 7.18. The van der Waals surface area contributed by atoms with Crippen molar-refractivity contribution in [2.24, 2.45) is 0 Å². The van der Waals surface area contributed by atoms with Gasteiger partial charge in [0, 0.05) is 33.2 Å². The molecule has 1 amide bonds. The van der Waals surface area contributed by atoms with Crippen molar-refractivity contribution in [1.82, 2.24) is 9.80 Å². The molecule has 2 aromatic rings. The molecule has 0 aliphatic carbocycles. The molecule has 0 bridgehead atoms. The summed E-state index contributed by atoms with van der Waals surface area (Å²) in [6, 6.07) is 10.8. The van der Waals surface area contributed by atoms with E-state index in [4.69, 9.17) is 16.3 Å². The average Bonchev–Trinajstić information content (AvgIpc) is 2.73. The van der Waals surface area contributed by atoms with Crippen LogP contribution in [0.5, 0.6) is 5.75 Å². The van der Waals surface area contributed by atoms with Crippen LogP contribution >= 0.6 is 11.6 Å². The van der Waals surface area contributed by atoms with Gasteiger partial charge in [-0.1, -0.05) is 11.6 Å². The highest BCUT2D eigenvalue weighted by atomic mass is 35.5. The van der Waals surface area contributed by atoms with Crippen LogP contribution < -0.4 is 9.04 Å². The SMILES string of the molecule is COc1ccc(S(=O)(=O)N(C)c2ccc(Cl)c(C(=O)N3CCN(C)CC3)c2)cc1. The third-order valence-electron chi connectivity index (χ3n) is 5.05. The predicted octanol–water partition coefficient (Wildman–Crippen LogP) is 2.56. The number of benzene rings is 2. The van der Waals surface area contributed by atoms with Gasteiger partial charge < -0.3 is 14.5 Å². The lowest BCUT2D eigenvalue weighted by atomic mass is 10.1. The normalized spacial score (nSPS) is 15.2. The quantitative estimate of drug-likeness (QED) is 0.719. The number of rotatable bonds is 5. The lowest BCUT2D eigenvalue weighted by molar-refractivity contribution is 0.0664. The van der Waals surface area contributed by atoms with E-state index < -0.39 is 10.0 Å². The molecular formula is C20H24ClN3O4S. The Morgan fingerprint density at radius 2 is 1.69 bits per heavy atom. The maximum Gasteiger partial charge on any atom is 0.264 e. The third kappa shape index (κ3) is 4.49. The van der Waals surface area contributed by atoms with Crippen molar-refractivity contribution in [2.45, 2.75) is 4.90 Å². The molecule has 1 aliphatic heterocycles. The molecule has 0 saturated carbocycles. The zero-order valence-electron chi connectivity index (χ0n) is 16.6. The van der Waals surface area contributed by atoms with Crippen molar-refractivity contribution < 1.29 is 17.9 Å². The molecule has 0 atom stereocenters. The zero-order chi connectivity index (χ0) is 21.2. The largest absolute Gasteiger partial charge is 0.497 e. The smallest absolute Gasteiger partial charge is 0.264 e. The highest BCUT2D eigenvalue weighted by molar-refractivity contribution is 7.92. The van der Waals surface area contributed by atoms with Crippen LogP contribution in [-0.2, 0) is 10.0 Å². The number of hydrogen-bond donors (Lipinski definition) is 0. The summed E-state index contributed by atoms with van der Waals surface area (Å²) in [6.45, 7) is 2.79. The van der Waals surface area contributed by atoms with Crippen molar-refractivity contribution in [3.8, 4) is 5.75 Å². The number of ether oxygens (including phenoxy) is 1. The molecular weight excluding hydrogens is 414 g/mol. The summed E-state index contributed by atoms with van der Waals surface area (Å²) in [7, 11) is 1.17. The summed E-state index contributed by atoms with van der Waals surface area (Å²) >= 11 is 6.27. The summed E-state index contributed by atoms with van der Waals surface area (Å²) in [5, 5.41) is 0.299. The molecule has 9 heteroatoms. The number of amides is 1. The fourth-order valence-electron chi connectivity index (χ4n) is 3.10. The number of nitrogens with zero attached hydrogens (tertiary/aromatic N) is 3. The fourth-order valence-corrected chi connectivity index (χ4v) is 4.48. The Balaban J connectivity index is 1.88. The van der Waals surface area contributed by atoms with E-state index in [0.29, 0.717) is 35.1 Å². The Labute approximate surface area is 176 Å². The van der Waals surface area contributed by atoms with Crippen LogP contribution in [-0.4, -0.2) is 71.5 Å². The first-order valence-electron chi connectivity index (χ1n) is 9.14. The van der Waals surface area contributed by atoms with E-state index in [1.54, 1.807) is 29.2 Å². The van der Waals surface area contributed by atoms with Crippen molar-refractivity contribution in [3.05, 3.63) is 53.1 Å². The van der Waals surface area contributed by atoms with Gasteiger partial charge in [0.25, 0.3) is 15.9 Å². The van der Waals surface area contributed by atoms with Gasteiger partial charge in [0.1, 0.15) is 5.75 Å². The van der Waals surface area contributed by atoms with Crippen molar-refractivity contribution in [3.63, 3.8) is 0 Å². The van der Waals surface area contributed by atoms with Gasteiger partial charge in [-0.05, 0) is 49.5 Å². The number of methoxy groups -OCH3 is 1. The standard InChI is InChI=1S/C20H24ClN3O4S/c1-22-10-12-24(13-11-22)20(25)18-14-15(4-9-19(18)21)23(2)29(26,27)17-7-5-16(28-3)6-8-17/h4-9,14H,10-13H2,1-3H3. The maximum atomic E-state index is 13.0.